The first kappa shape index (κ1) is 16.8. The largest absolute Gasteiger partial charge is 0.374 e. The maximum absolute atomic E-state index is 13.4. The Kier molecular flexibility index (Phi) is 5.20. The van der Waals surface area contributed by atoms with Crippen molar-refractivity contribution in [3.63, 3.8) is 0 Å². The lowest BCUT2D eigenvalue weighted by Gasteiger charge is -2.15. The van der Waals surface area contributed by atoms with Crippen LogP contribution in [0.4, 0.5) is 23.2 Å². The molecule has 0 bridgehead atoms. The molecule has 0 fully saturated rings. The highest BCUT2D eigenvalue weighted by Crippen LogP contribution is 2.19. The molecule has 23 heavy (non-hydrogen) atoms. The van der Waals surface area contributed by atoms with Gasteiger partial charge in [-0.05, 0) is 36.8 Å². The molecule has 7 heteroatoms. The minimum atomic E-state index is -1.60. The predicted octanol–water partition coefficient (Wildman–Crippen LogP) is 3.53. The molecule has 0 aliphatic heterocycles. The summed E-state index contributed by atoms with van der Waals surface area (Å²) in [4.78, 5) is 11.8. The van der Waals surface area contributed by atoms with E-state index in [-0.39, 0.29) is 24.1 Å². The van der Waals surface area contributed by atoms with E-state index in [1.54, 1.807) is 6.92 Å². The van der Waals surface area contributed by atoms with Gasteiger partial charge in [-0.3, -0.25) is 4.79 Å². The molecule has 0 aliphatic rings. The number of amides is 1. The second-order valence-electron chi connectivity index (χ2n) is 4.92. The minimum Gasteiger partial charge on any atom is -0.374 e. The van der Waals surface area contributed by atoms with E-state index < -0.39 is 23.4 Å². The van der Waals surface area contributed by atoms with Crippen molar-refractivity contribution in [1.82, 2.24) is 5.32 Å². The van der Waals surface area contributed by atoms with Crippen LogP contribution in [0.1, 0.15) is 18.5 Å². The second kappa shape index (κ2) is 7.13. The van der Waals surface area contributed by atoms with Gasteiger partial charge >= 0.3 is 0 Å². The van der Waals surface area contributed by atoms with Crippen LogP contribution in [-0.2, 0) is 4.79 Å². The molecule has 1 unspecified atom stereocenters. The van der Waals surface area contributed by atoms with Crippen LogP contribution in [0.15, 0.2) is 36.4 Å². The average molecular weight is 326 g/mol. The zero-order valence-corrected chi connectivity index (χ0v) is 12.2. The standard InChI is InChI=1S/C16H14F4N2O/c1-9(10-2-4-11(17)5-3-10)22-14(23)8-21-13-7-6-12(18)15(19)16(13)20/h2-7,9,21H,8H2,1H3,(H,22,23). The minimum absolute atomic E-state index is 0.312. The van der Waals surface area contributed by atoms with Crippen molar-refractivity contribution in [3.8, 4) is 0 Å². The van der Waals surface area contributed by atoms with Gasteiger partial charge in [-0.1, -0.05) is 12.1 Å². The molecule has 1 atom stereocenters. The summed E-state index contributed by atoms with van der Waals surface area (Å²) in [6.07, 6.45) is 0. The molecule has 0 aliphatic carbocycles. The van der Waals surface area contributed by atoms with Crippen LogP contribution in [0, 0.1) is 23.3 Å². The molecule has 2 N–H and O–H groups in total. The number of carbonyl (C=O) groups is 1. The zero-order chi connectivity index (χ0) is 17.0. The third-order valence-electron chi connectivity index (χ3n) is 3.22. The highest BCUT2D eigenvalue weighted by Gasteiger charge is 2.15. The maximum Gasteiger partial charge on any atom is 0.239 e. The fraction of sp³-hybridized carbons (Fsp3) is 0.188. The summed E-state index contributed by atoms with van der Waals surface area (Å²) in [6, 6.07) is 6.98. The molecule has 0 saturated heterocycles. The van der Waals surface area contributed by atoms with Gasteiger partial charge in [0, 0.05) is 0 Å². The number of hydrogen-bond donors (Lipinski definition) is 2. The Labute approximate surface area is 130 Å². The Balaban J connectivity index is 1.92. The van der Waals surface area contributed by atoms with E-state index in [1.165, 1.54) is 24.3 Å². The number of carbonyl (C=O) groups excluding carboxylic acids is 1. The van der Waals surface area contributed by atoms with Crippen LogP contribution in [-0.4, -0.2) is 12.5 Å². The first-order chi connectivity index (χ1) is 10.9. The quantitative estimate of drug-likeness (QED) is 0.652. The number of hydrogen-bond acceptors (Lipinski definition) is 2. The van der Waals surface area contributed by atoms with Crippen LogP contribution in [0.5, 0.6) is 0 Å². The van der Waals surface area contributed by atoms with Gasteiger partial charge in [-0.2, -0.15) is 0 Å². The van der Waals surface area contributed by atoms with Crippen LogP contribution >= 0.6 is 0 Å². The van der Waals surface area contributed by atoms with Crippen LogP contribution < -0.4 is 10.6 Å². The van der Waals surface area contributed by atoms with E-state index in [1.807, 2.05) is 0 Å². The number of halogens is 4. The molecule has 0 spiro atoms. The van der Waals surface area contributed by atoms with E-state index in [0.717, 1.165) is 12.1 Å². The van der Waals surface area contributed by atoms with Crippen molar-refractivity contribution < 1.29 is 22.4 Å². The van der Waals surface area contributed by atoms with Gasteiger partial charge < -0.3 is 10.6 Å². The van der Waals surface area contributed by atoms with Crippen molar-refractivity contribution in [2.75, 3.05) is 11.9 Å². The van der Waals surface area contributed by atoms with E-state index in [4.69, 9.17) is 0 Å². The van der Waals surface area contributed by atoms with Crippen LogP contribution in [0.2, 0.25) is 0 Å². The Bertz CT molecular complexity index is 704. The summed E-state index contributed by atoms with van der Waals surface area (Å²) >= 11 is 0. The molecule has 1 amide bonds. The molecular weight excluding hydrogens is 312 g/mol. The predicted molar refractivity (Wildman–Crippen MR) is 77.8 cm³/mol. The molecule has 0 radical (unpaired) electrons. The third-order valence-corrected chi connectivity index (χ3v) is 3.22. The van der Waals surface area contributed by atoms with Gasteiger partial charge in [0.2, 0.25) is 5.91 Å². The third kappa shape index (κ3) is 4.21. The van der Waals surface area contributed by atoms with E-state index in [0.29, 0.717) is 5.56 Å². The first-order valence-electron chi connectivity index (χ1n) is 6.80. The molecule has 0 heterocycles. The lowest BCUT2D eigenvalue weighted by Crippen LogP contribution is -2.32. The second-order valence-corrected chi connectivity index (χ2v) is 4.92. The molecule has 0 aromatic heterocycles. The Morgan fingerprint density at radius 2 is 1.65 bits per heavy atom. The van der Waals surface area contributed by atoms with E-state index in [2.05, 4.69) is 10.6 Å². The Hall–Kier alpha value is -2.57. The van der Waals surface area contributed by atoms with Gasteiger partial charge in [0.15, 0.2) is 17.5 Å². The van der Waals surface area contributed by atoms with Crippen molar-refractivity contribution in [2.45, 2.75) is 13.0 Å². The van der Waals surface area contributed by atoms with Gasteiger partial charge in [0.1, 0.15) is 5.82 Å². The fourth-order valence-electron chi connectivity index (χ4n) is 1.97. The molecule has 2 aromatic rings. The number of benzene rings is 2. The summed E-state index contributed by atoms with van der Waals surface area (Å²) in [7, 11) is 0. The van der Waals surface area contributed by atoms with Crippen molar-refractivity contribution in [1.29, 1.82) is 0 Å². The van der Waals surface area contributed by atoms with Gasteiger partial charge in [0.05, 0.1) is 18.3 Å². The Morgan fingerprint density at radius 3 is 2.30 bits per heavy atom. The van der Waals surface area contributed by atoms with Crippen LogP contribution in [0.3, 0.4) is 0 Å². The lowest BCUT2D eigenvalue weighted by molar-refractivity contribution is -0.120. The molecule has 2 aromatic carbocycles. The van der Waals surface area contributed by atoms with Crippen molar-refractivity contribution in [3.05, 3.63) is 65.2 Å². The van der Waals surface area contributed by atoms with Crippen LogP contribution in [0.25, 0.3) is 0 Å². The maximum atomic E-state index is 13.4. The first-order valence-corrected chi connectivity index (χ1v) is 6.80. The molecule has 122 valence electrons. The number of rotatable bonds is 5. The van der Waals surface area contributed by atoms with E-state index >= 15 is 0 Å². The normalized spacial score (nSPS) is 11.9. The summed E-state index contributed by atoms with van der Waals surface area (Å²) < 4.78 is 52.1. The number of anilines is 1. The summed E-state index contributed by atoms with van der Waals surface area (Å²) in [5, 5.41) is 5.01. The monoisotopic (exact) mass is 326 g/mol. The highest BCUT2D eigenvalue weighted by atomic mass is 19.2. The average Bonchev–Trinajstić information content (AvgIpc) is 2.52. The molecule has 2 rings (SSSR count). The lowest BCUT2D eigenvalue weighted by atomic mass is 10.1. The highest BCUT2D eigenvalue weighted by molar-refractivity contribution is 5.81. The summed E-state index contributed by atoms with van der Waals surface area (Å²) in [5.41, 5.74) is 0.382. The SMILES string of the molecule is CC(NC(=O)CNc1ccc(F)c(F)c1F)c1ccc(F)cc1. The van der Waals surface area contributed by atoms with Crippen molar-refractivity contribution >= 4 is 11.6 Å². The fourth-order valence-corrected chi connectivity index (χ4v) is 1.97. The topological polar surface area (TPSA) is 41.1 Å². The Morgan fingerprint density at radius 1 is 1.00 bits per heavy atom. The molecule has 3 nitrogen and oxygen atoms in total. The number of nitrogens with one attached hydrogen (secondary N) is 2. The van der Waals surface area contributed by atoms with Gasteiger partial charge in [-0.15, -0.1) is 0 Å². The zero-order valence-electron chi connectivity index (χ0n) is 12.2. The summed E-state index contributed by atoms with van der Waals surface area (Å²) in [6.45, 7) is 1.37. The smallest absolute Gasteiger partial charge is 0.239 e. The molecule has 0 saturated carbocycles. The summed E-state index contributed by atoms with van der Waals surface area (Å²) in [5.74, 6) is -5.16. The van der Waals surface area contributed by atoms with Gasteiger partial charge in [-0.25, -0.2) is 17.6 Å². The molecular formula is C16H14F4N2O. The van der Waals surface area contributed by atoms with Crippen molar-refractivity contribution in [2.24, 2.45) is 0 Å². The van der Waals surface area contributed by atoms with E-state index in [9.17, 15) is 22.4 Å². The van der Waals surface area contributed by atoms with Gasteiger partial charge in [0.25, 0.3) is 0 Å².